The van der Waals surface area contributed by atoms with E-state index in [1.54, 1.807) is 0 Å². The van der Waals surface area contributed by atoms with Gasteiger partial charge in [-0.25, -0.2) is 0 Å². The van der Waals surface area contributed by atoms with Crippen molar-refractivity contribution in [1.29, 1.82) is 0 Å². The number of aryl methyl sites for hydroxylation is 1. The van der Waals surface area contributed by atoms with Gasteiger partial charge in [-0.05, 0) is 47.9 Å². The monoisotopic (exact) mass is 249 g/mol. The van der Waals surface area contributed by atoms with Gasteiger partial charge in [0.05, 0.1) is 0 Å². The van der Waals surface area contributed by atoms with Gasteiger partial charge in [-0.3, -0.25) is 4.98 Å². The lowest BCUT2D eigenvalue weighted by Gasteiger charge is -2.16. The van der Waals surface area contributed by atoms with Crippen molar-refractivity contribution >= 4 is 5.57 Å². The molecule has 0 unspecified atom stereocenters. The Balaban J connectivity index is 1.84. The van der Waals surface area contributed by atoms with Crippen LogP contribution in [-0.4, -0.2) is 4.98 Å². The molecule has 0 spiro atoms. The highest BCUT2D eigenvalue weighted by Gasteiger charge is 2.26. The molecular formula is C18H19N. The first kappa shape index (κ1) is 12.2. The van der Waals surface area contributed by atoms with Crippen LogP contribution in [0.15, 0.2) is 54.9 Å². The number of hydrogen-bond donors (Lipinski definition) is 0. The first-order valence-electron chi connectivity index (χ1n) is 6.91. The van der Waals surface area contributed by atoms with Gasteiger partial charge in [0.15, 0.2) is 0 Å². The number of benzene rings is 1. The number of aromatic nitrogens is 1. The minimum atomic E-state index is 0.595. The molecule has 1 heteroatoms. The summed E-state index contributed by atoms with van der Waals surface area (Å²) in [4.78, 5) is 4.22. The predicted octanol–water partition coefficient (Wildman–Crippen LogP) is 4.60. The highest BCUT2D eigenvalue weighted by Crippen LogP contribution is 2.42. The van der Waals surface area contributed by atoms with E-state index < -0.39 is 0 Å². The lowest BCUT2D eigenvalue weighted by Crippen LogP contribution is -2.02. The topological polar surface area (TPSA) is 12.9 Å². The zero-order valence-corrected chi connectivity index (χ0v) is 11.5. The number of nitrogens with zero attached hydrogens (tertiary/aromatic N) is 1. The molecule has 0 bridgehead atoms. The van der Waals surface area contributed by atoms with Crippen molar-refractivity contribution in [1.82, 2.24) is 4.98 Å². The van der Waals surface area contributed by atoms with E-state index in [1.807, 2.05) is 18.5 Å². The van der Waals surface area contributed by atoms with Crippen molar-refractivity contribution in [3.05, 3.63) is 71.6 Å². The average molecular weight is 249 g/mol. The maximum absolute atomic E-state index is 4.22. The molecular weight excluding hydrogens is 230 g/mol. The van der Waals surface area contributed by atoms with E-state index in [0.29, 0.717) is 11.8 Å². The first-order chi connectivity index (χ1) is 9.24. The van der Waals surface area contributed by atoms with Gasteiger partial charge in [0.1, 0.15) is 0 Å². The molecule has 96 valence electrons. The van der Waals surface area contributed by atoms with Gasteiger partial charge in [0.2, 0.25) is 0 Å². The maximum Gasteiger partial charge on any atom is 0.0342 e. The van der Waals surface area contributed by atoms with Crippen LogP contribution in [0.1, 0.15) is 36.0 Å². The SMILES string of the molecule is Cc1ccc([C@@H]2CC(c3cccnc3)=C[C@H]2C)cc1. The van der Waals surface area contributed by atoms with E-state index in [0.717, 1.165) is 6.42 Å². The first-order valence-corrected chi connectivity index (χ1v) is 6.91. The molecule has 0 fully saturated rings. The van der Waals surface area contributed by atoms with Gasteiger partial charge >= 0.3 is 0 Å². The lowest BCUT2D eigenvalue weighted by molar-refractivity contribution is 0.590. The Kier molecular flexibility index (Phi) is 3.20. The van der Waals surface area contributed by atoms with Crippen LogP contribution in [0.25, 0.3) is 5.57 Å². The third-order valence-electron chi connectivity index (χ3n) is 4.08. The molecule has 0 saturated carbocycles. The molecule has 0 radical (unpaired) electrons. The van der Waals surface area contributed by atoms with E-state index in [-0.39, 0.29) is 0 Å². The summed E-state index contributed by atoms with van der Waals surface area (Å²) < 4.78 is 0. The molecule has 19 heavy (non-hydrogen) atoms. The van der Waals surface area contributed by atoms with Crippen LogP contribution in [0.5, 0.6) is 0 Å². The van der Waals surface area contributed by atoms with Crippen molar-refractivity contribution in [3.8, 4) is 0 Å². The molecule has 0 aliphatic heterocycles. The summed E-state index contributed by atoms with van der Waals surface area (Å²) in [5.74, 6) is 1.20. The second-order valence-electron chi connectivity index (χ2n) is 5.51. The maximum atomic E-state index is 4.22. The quantitative estimate of drug-likeness (QED) is 0.758. The molecule has 0 N–H and O–H groups in total. The summed E-state index contributed by atoms with van der Waals surface area (Å²) in [7, 11) is 0. The fraction of sp³-hybridized carbons (Fsp3) is 0.278. The Morgan fingerprint density at radius 2 is 1.89 bits per heavy atom. The number of pyridine rings is 1. The Hall–Kier alpha value is -1.89. The fourth-order valence-corrected chi connectivity index (χ4v) is 2.93. The Bertz CT molecular complexity index is 581. The third-order valence-corrected chi connectivity index (χ3v) is 4.08. The number of hydrogen-bond acceptors (Lipinski definition) is 1. The van der Waals surface area contributed by atoms with Crippen LogP contribution in [0.2, 0.25) is 0 Å². The summed E-state index contributed by atoms with van der Waals surface area (Å²) in [5.41, 5.74) is 5.48. The second-order valence-corrected chi connectivity index (χ2v) is 5.51. The number of allylic oxidation sites excluding steroid dienone is 2. The van der Waals surface area contributed by atoms with Crippen LogP contribution in [-0.2, 0) is 0 Å². The minimum absolute atomic E-state index is 0.595. The van der Waals surface area contributed by atoms with Crippen molar-refractivity contribution in [2.45, 2.75) is 26.2 Å². The van der Waals surface area contributed by atoms with E-state index >= 15 is 0 Å². The molecule has 1 aromatic heterocycles. The Morgan fingerprint density at radius 3 is 2.58 bits per heavy atom. The molecule has 0 saturated heterocycles. The lowest BCUT2D eigenvalue weighted by atomic mass is 9.88. The van der Waals surface area contributed by atoms with Crippen LogP contribution < -0.4 is 0 Å². The normalized spacial score (nSPS) is 22.3. The van der Waals surface area contributed by atoms with E-state index in [2.05, 4.69) is 55.2 Å². The van der Waals surface area contributed by atoms with E-state index in [9.17, 15) is 0 Å². The summed E-state index contributed by atoms with van der Waals surface area (Å²) in [5, 5.41) is 0. The minimum Gasteiger partial charge on any atom is -0.264 e. The molecule has 1 heterocycles. The Labute approximate surface area is 115 Å². The standard InChI is InChI=1S/C18H19N/c1-13-5-7-15(8-6-13)18-11-17(10-14(18)2)16-4-3-9-19-12-16/h3-10,12,14,18H,11H2,1-2H3/t14-,18-/m1/s1. The fourth-order valence-electron chi connectivity index (χ4n) is 2.93. The smallest absolute Gasteiger partial charge is 0.0342 e. The second kappa shape index (κ2) is 5.00. The summed E-state index contributed by atoms with van der Waals surface area (Å²) in [6.07, 6.45) is 7.33. The Morgan fingerprint density at radius 1 is 1.11 bits per heavy atom. The van der Waals surface area contributed by atoms with Gasteiger partial charge in [-0.1, -0.05) is 48.9 Å². The molecule has 1 aliphatic carbocycles. The van der Waals surface area contributed by atoms with Gasteiger partial charge in [-0.15, -0.1) is 0 Å². The molecule has 1 nitrogen and oxygen atoms in total. The van der Waals surface area contributed by atoms with E-state index in [4.69, 9.17) is 0 Å². The zero-order chi connectivity index (χ0) is 13.2. The molecule has 0 amide bonds. The summed E-state index contributed by atoms with van der Waals surface area (Å²) in [6.45, 7) is 4.45. The third kappa shape index (κ3) is 2.46. The van der Waals surface area contributed by atoms with Gasteiger partial charge in [0, 0.05) is 12.4 Å². The molecule has 1 aromatic carbocycles. The van der Waals surface area contributed by atoms with Crippen LogP contribution in [0, 0.1) is 12.8 Å². The van der Waals surface area contributed by atoms with Gasteiger partial charge in [-0.2, -0.15) is 0 Å². The molecule has 2 atom stereocenters. The van der Waals surface area contributed by atoms with Gasteiger partial charge in [0.25, 0.3) is 0 Å². The molecule has 2 aromatic rings. The van der Waals surface area contributed by atoms with Crippen molar-refractivity contribution in [2.75, 3.05) is 0 Å². The van der Waals surface area contributed by atoms with Crippen LogP contribution in [0.3, 0.4) is 0 Å². The van der Waals surface area contributed by atoms with Crippen molar-refractivity contribution < 1.29 is 0 Å². The van der Waals surface area contributed by atoms with Crippen molar-refractivity contribution in [3.63, 3.8) is 0 Å². The van der Waals surface area contributed by atoms with E-state index in [1.165, 1.54) is 22.3 Å². The highest BCUT2D eigenvalue weighted by atomic mass is 14.6. The number of rotatable bonds is 2. The largest absolute Gasteiger partial charge is 0.264 e. The van der Waals surface area contributed by atoms with Crippen LogP contribution in [0.4, 0.5) is 0 Å². The summed E-state index contributed by atoms with van der Waals surface area (Å²) >= 11 is 0. The average Bonchev–Trinajstić information content (AvgIpc) is 2.83. The predicted molar refractivity (Wildman–Crippen MR) is 79.9 cm³/mol. The zero-order valence-electron chi connectivity index (χ0n) is 11.5. The van der Waals surface area contributed by atoms with Crippen LogP contribution >= 0.6 is 0 Å². The van der Waals surface area contributed by atoms with Gasteiger partial charge < -0.3 is 0 Å². The highest BCUT2D eigenvalue weighted by molar-refractivity contribution is 5.68. The van der Waals surface area contributed by atoms with Crippen molar-refractivity contribution in [2.24, 2.45) is 5.92 Å². The molecule has 3 rings (SSSR count). The molecule has 1 aliphatic rings. The summed E-state index contributed by atoms with van der Waals surface area (Å²) in [6, 6.07) is 13.1.